The second kappa shape index (κ2) is 7.48. The topological polar surface area (TPSA) is 3.24 Å². The van der Waals surface area contributed by atoms with Gasteiger partial charge in [-0.1, -0.05) is 0 Å². The second-order valence-corrected chi connectivity index (χ2v) is 3.48. The molecule has 11 heavy (non-hydrogen) atoms. The third-order valence-electron chi connectivity index (χ3n) is 1.59. The molecule has 0 aliphatic rings. The molecule has 0 saturated heterocycles. The molecule has 0 heterocycles. The minimum absolute atomic E-state index is 0.370. The minimum Gasteiger partial charge on any atom is -0.297 e. The molecule has 4 heteroatoms. The Labute approximate surface area is 83.6 Å². The van der Waals surface area contributed by atoms with Crippen LogP contribution >= 0.6 is 34.8 Å². The molecule has 0 spiro atoms. The van der Waals surface area contributed by atoms with E-state index >= 15 is 0 Å². The Morgan fingerprint density at radius 3 is 1.82 bits per heavy atom. The fraction of sp³-hybridized carbons (Fsp3) is 1.00. The molecule has 0 N–H and O–H groups in total. The van der Waals surface area contributed by atoms with Crippen LogP contribution in [0.1, 0.15) is 6.92 Å². The predicted molar refractivity (Wildman–Crippen MR) is 53.2 cm³/mol. The maximum Gasteiger partial charge on any atom is 0.0376 e. The molecule has 0 bridgehead atoms. The van der Waals surface area contributed by atoms with Gasteiger partial charge < -0.3 is 0 Å². The van der Waals surface area contributed by atoms with E-state index in [2.05, 4.69) is 11.8 Å². The van der Waals surface area contributed by atoms with Crippen molar-refractivity contribution in [2.24, 2.45) is 0 Å². The normalized spacial score (nSPS) is 13.9. The first-order valence-electron chi connectivity index (χ1n) is 3.68. The molecule has 0 radical (unpaired) electrons. The van der Waals surface area contributed by atoms with E-state index in [4.69, 9.17) is 34.8 Å². The van der Waals surface area contributed by atoms with Crippen LogP contribution in [0.25, 0.3) is 0 Å². The molecular formula is C7H14Cl3N. The largest absolute Gasteiger partial charge is 0.297 e. The number of rotatable bonds is 6. The van der Waals surface area contributed by atoms with Gasteiger partial charge in [-0.25, -0.2) is 0 Å². The van der Waals surface area contributed by atoms with Gasteiger partial charge >= 0.3 is 0 Å². The Morgan fingerprint density at radius 2 is 1.55 bits per heavy atom. The highest BCUT2D eigenvalue weighted by molar-refractivity contribution is 6.19. The van der Waals surface area contributed by atoms with Gasteiger partial charge in [-0.05, 0) is 6.92 Å². The molecule has 68 valence electrons. The lowest BCUT2D eigenvalue weighted by atomic mass is 10.3. The highest BCUT2D eigenvalue weighted by Crippen LogP contribution is 2.01. The smallest absolute Gasteiger partial charge is 0.0376 e. The highest BCUT2D eigenvalue weighted by Gasteiger charge is 2.10. The summed E-state index contributed by atoms with van der Waals surface area (Å²) in [6.45, 7) is 3.80. The first-order chi connectivity index (χ1) is 5.26. The molecule has 1 unspecified atom stereocenters. The van der Waals surface area contributed by atoms with Gasteiger partial charge in [0.25, 0.3) is 0 Å². The van der Waals surface area contributed by atoms with Gasteiger partial charge in [-0.2, -0.15) is 0 Å². The Balaban J connectivity index is 3.66. The van der Waals surface area contributed by atoms with Gasteiger partial charge in [-0.3, -0.25) is 4.90 Å². The minimum atomic E-state index is 0.370. The van der Waals surface area contributed by atoms with Crippen molar-refractivity contribution in [3.05, 3.63) is 0 Å². The lowest BCUT2D eigenvalue weighted by Gasteiger charge is -2.25. The summed E-state index contributed by atoms with van der Waals surface area (Å²) in [7, 11) is 0. The molecule has 0 aromatic carbocycles. The van der Waals surface area contributed by atoms with Crippen molar-refractivity contribution >= 4 is 34.8 Å². The van der Waals surface area contributed by atoms with Crippen molar-refractivity contribution in [1.29, 1.82) is 0 Å². The van der Waals surface area contributed by atoms with Gasteiger partial charge in [0.1, 0.15) is 0 Å². The summed E-state index contributed by atoms with van der Waals surface area (Å²) in [4.78, 5) is 2.19. The van der Waals surface area contributed by atoms with Crippen molar-refractivity contribution in [2.45, 2.75) is 13.0 Å². The van der Waals surface area contributed by atoms with Crippen molar-refractivity contribution in [3.8, 4) is 0 Å². The molecule has 0 aliphatic carbocycles. The van der Waals surface area contributed by atoms with Crippen molar-refractivity contribution in [3.63, 3.8) is 0 Å². The molecule has 1 atom stereocenters. The molecular weight excluding hydrogens is 204 g/mol. The van der Waals surface area contributed by atoms with Gasteiger partial charge in [0.05, 0.1) is 0 Å². The molecule has 0 amide bonds. The summed E-state index contributed by atoms with van der Waals surface area (Å²) in [6, 6.07) is 0.370. The SMILES string of the molecule is CC(CCl)N(CCCl)CCCl. The van der Waals surface area contributed by atoms with Crippen LogP contribution in [0.3, 0.4) is 0 Å². The van der Waals surface area contributed by atoms with E-state index in [1.807, 2.05) is 0 Å². The average Bonchev–Trinajstić information content (AvgIpc) is 2.03. The van der Waals surface area contributed by atoms with Gasteiger partial charge in [0, 0.05) is 36.8 Å². The van der Waals surface area contributed by atoms with Crippen molar-refractivity contribution in [1.82, 2.24) is 4.90 Å². The summed E-state index contributed by atoms with van der Waals surface area (Å²) < 4.78 is 0. The van der Waals surface area contributed by atoms with E-state index in [-0.39, 0.29) is 0 Å². The van der Waals surface area contributed by atoms with E-state index in [9.17, 15) is 0 Å². The van der Waals surface area contributed by atoms with Crippen LogP contribution < -0.4 is 0 Å². The average molecular weight is 219 g/mol. The molecule has 1 nitrogen and oxygen atoms in total. The van der Waals surface area contributed by atoms with Crippen LogP contribution in [0.5, 0.6) is 0 Å². The summed E-state index contributed by atoms with van der Waals surface area (Å²) in [5.74, 6) is 1.91. The van der Waals surface area contributed by atoms with Crippen LogP contribution in [-0.4, -0.2) is 41.7 Å². The van der Waals surface area contributed by atoms with Crippen LogP contribution in [-0.2, 0) is 0 Å². The van der Waals surface area contributed by atoms with Crippen molar-refractivity contribution < 1.29 is 0 Å². The second-order valence-electron chi connectivity index (χ2n) is 2.42. The zero-order chi connectivity index (χ0) is 8.69. The molecule has 0 aromatic rings. The fourth-order valence-electron chi connectivity index (χ4n) is 0.867. The van der Waals surface area contributed by atoms with Crippen molar-refractivity contribution in [2.75, 3.05) is 30.7 Å². The van der Waals surface area contributed by atoms with Gasteiger partial charge in [0.2, 0.25) is 0 Å². The maximum absolute atomic E-state index is 5.69. The number of nitrogens with zero attached hydrogens (tertiary/aromatic N) is 1. The zero-order valence-corrected chi connectivity index (χ0v) is 8.96. The van der Waals surface area contributed by atoms with Gasteiger partial charge in [-0.15, -0.1) is 34.8 Å². The first-order valence-corrected chi connectivity index (χ1v) is 5.28. The highest BCUT2D eigenvalue weighted by atomic mass is 35.5. The Morgan fingerprint density at radius 1 is 1.09 bits per heavy atom. The van der Waals surface area contributed by atoms with E-state index in [1.54, 1.807) is 0 Å². The van der Waals surface area contributed by atoms with E-state index in [0.717, 1.165) is 13.1 Å². The zero-order valence-electron chi connectivity index (χ0n) is 6.69. The van der Waals surface area contributed by atoms with E-state index in [0.29, 0.717) is 23.7 Å². The monoisotopic (exact) mass is 217 g/mol. The Kier molecular flexibility index (Phi) is 8.04. The third kappa shape index (κ3) is 5.13. The number of hydrogen-bond acceptors (Lipinski definition) is 1. The van der Waals surface area contributed by atoms with Crippen LogP contribution in [0.4, 0.5) is 0 Å². The molecule has 0 aromatic heterocycles. The number of alkyl halides is 3. The molecule has 0 saturated carbocycles. The van der Waals surface area contributed by atoms with E-state index < -0.39 is 0 Å². The predicted octanol–water partition coefficient (Wildman–Crippen LogP) is 2.39. The Bertz CT molecular complexity index is 83.8. The molecule has 0 rings (SSSR count). The van der Waals surface area contributed by atoms with Gasteiger partial charge in [0.15, 0.2) is 0 Å². The standard InChI is InChI=1S/C7H14Cl3N/c1-7(6-10)11(4-2-8)5-3-9/h7H,2-6H2,1H3. The first kappa shape index (κ1) is 11.8. The Hall–Kier alpha value is 0.830. The summed E-state index contributed by atoms with van der Waals surface area (Å²) >= 11 is 16.9. The lowest BCUT2D eigenvalue weighted by molar-refractivity contribution is 0.252. The lowest BCUT2D eigenvalue weighted by Crippen LogP contribution is -2.37. The van der Waals surface area contributed by atoms with Crippen LogP contribution in [0.15, 0.2) is 0 Å². The maximum atomic E-state index is 5.69. The van der Waals surface area contributed by atoms with E-state index in [1.165, 1.54) is 0 Å². The molecule has 0 aliphatic heterocycles. The van der Waals surface area contributed by atoms with Crippen LogP contribution in [0, 0.1) is 0 Å². The summed E-state index contributed by atoms with van der Waals surface area (Å²) in [6.07, 6.45) is 0. The summed E-state index contributed by atoms with van der Waals surface area (Å²) in [5, 5.41) is 0. The molecule has 0 fully saturated rings. The van der Waals surface area contributed by atoms with Crippen LogP contribution in [0.2, 0.25) is 0 Å². The number of hydrogen-bond donors (Lipinski definition) is 0. The fourth-order valence-corrected chi connectivity index (χ4v) is 1.50. The quantitative estimate of drug-likeness (QED) is 0.619. The third-order valence-corrected chi connectivity index (χ3v) is 2.37. The summed E-state index contributed by atoms with van der Waals surface area (Å²) in [5.41, 5.74) is 0. The number of halogens is 3.